The Hall–Kier alpha value is -1.06. The van der Waals surface area contributed by atoms with E-state index >= 15 is 0 Å². The topological polar surface area (TPSA) is 49.4 Å². The van der Waals surface area contributed by atoms with Gasteiger partial charge in [-0.15, -0.1) is 0 Å². The maximum absolute atomic E-state index is 11.6. The molecule has 0 aromatic carbocycles. The molecule has 1 aliphatic rings. The summed E-state index contributed by atoms with van der Waals surface area (Å²) in [5.74, 6) is 0.705. The number of rotatable bonds is 3. The predicted molar refractivity (Wildman–Crippen MR) is 58.3 cm³/mol. The molecule has 0 saturated carbocycles. The molecular formula is C11H20N2O2. The third kappa shape index (κ3) is 3.90. The van der Waals surface area contributed by atoms with Gasteiger partial charge in [0.2, 0.25) is 11.8 Å². The van der Waals surface area contributed by atoms with Crippen LogP contribution in [0.1, 0.15) is 33.1 Å². The van der Waals surface area contributed by atoms with E-state index in [2.05, 4.69) is 12.2 Å². The molecule has 1 heterocycles. The third-order valence-corrected chi connectivity index (χ3v) is 2.89. The first kappa shape index (κ1) is 12.0. The highest BCUT2D eigenvalue weighted by Crippen LogP contribution is 2.15. The quantitative estimate of drug-likeness (QED) is 0.751. The molecule has 1 fully saturated rings. The average molecular weight is 212 g/mol. The van der Waals surface area contributed by atoms with Gasteiger partial charge in [0, 0.05) is 19.5 Å². The zero-order valence-electron chi connectivity index (χ0n) is 9.58. The van der Waals surface area contributed by atoms with Crippen molar-refractivity contribution in [1.82, 2.24) is 10.2 Å². The number of hydrogen-bond acceptors (Lipinski definition) is 2. The second kappa shape index (κ2) is 5.73. The smallest absolute Gasteiger partial charge is 0.241 e. The highest BCUT2D eigenvalue weighted by atomic mass is 16.2. The van der Waals surface area contributed by atoms with Crippen molar-refractivity contribution < 1.29 is 9.59 Å². The zero-order valence-corrected chi connectivity index (χ0v) is 9.58. The minimum atomic E-state index is -0.0614. The molecule has 4 nitrogen and oxygen atoms in total. The summed E-state index contributed by atoms with van der Waals surface area (Å²) in [5, 5.41) is 2.61. The first-order chi connectivity index (χ1) is 7.13. The molecule has 0 radical (unpaired) electrons. The van der Waals surface area contributed by atoms with E-state index in [1.807, 2.05) is 4.90 Å². The Morgan fingerprint density at radius 3 is 2.47 bits per heavy atom. The van der Waals surface area contributed by atoms with Gasteiger partial charge < -0.3 is 10.2 Å². The van der Waals surface area contributed by atoms with E-state index in [0.717, 1.165) is 31.8 Å². The Labute approximate surface area is 91.0 Å². The Kier molecular flexibility index (Phi) is 4.59. The largest absolute Gasteiger partial charge is 0.347 e. The first-order valence-corrected chi connectivity index (χ1v) is 5.68. The van der Waals surface area contributed by atoms with Crippen LogP contribution in [0.25, 0.3) is 0 Å². The van der Waals surface area contributed by atoms with Crippen LogP contribution in [-0.2, 0) is 9.59 Å². The van der Waals surface area contributed by atoms with Crippen LogP contribution in [-0.4, -0.2) is 36.3 Å². The summed E-state index contributed by atoms with van der Waals surface area (Å²) in [6.45, 7) is 5.81. The van der Waals surface area contributed by atoms with E-state index in [0.29, 0.717) is 6.42 Å². The van der Waals surface area contributed by atoms with Gasteiger partial charge in [-0.2, -0.15) is 0 Å². The number of nitrogens with zero attached hydrogens (tertiary/aromatic N) is 1. The van der Waals surface area contributed by atoms with Gasteiger partial charge in [-0.05, 0) is 18.8 Å². The van der Waals surface area contributed by atoms with Gasteiger partial charge in [0.1, 0.15) is 0 Å². The van der Waals surface area contributed by atoms with Gasteiger partial charge in [0.25, 0.3) is 0 Å². The summed E-state index contributed by atoms with van der Waals surface area (Å²) in [6, 6.07) is 0. The van der Waals surface area contributed by atoms with E-state index in [1.54, 1.807) is 6.92 Å². The molecule has 4 heteroatoms. The van der Waals surface area contributed by atoms with Crippen LogP contribution in [0.15, 0.2) is 0 Å². The standard InChI is InChI=1S/C11H20N2O2/c1-3-10(14)12-8-11(15)13-6-4-9(2)5-7-13/h9H,3-8H2,1-2H3,(H,12,14). The molecule has 0 unspecified atom stereocenters. The summed E-state index contributed by atoms with van der Waals surface area (Å²) in [6.07, 6.45) is 2.59. The summed E-state index contributed by atoms with van der Waals surface area (Å²) >= 11 is 0. The summed E-state index contributed by atoms with van der Waals surface area (Å²) in [5.41, 5.74) is 0. The van der Waals surface area contributed by atoms with Crippen molar-refractivity contribution in [3.05, 3.63) is 0 Å². The van der Waals surface area contributed by atoms with Crippen molar-refractivity contribution in [2.24, 2.45) is 5.92 Å². The van der Waals surface area contributed by atoms with Gasteiger partial charge in [0.05, 0.1) is 6.54 Å². The molecule has 0 spiro atoms. The number of amides is 2. The van der Waals surface area contributed by atoms with E-state index in [1.165, 1.54) is 0 Å². The average Bonchev–Trinajstić information content (AvgIpc) is 2.26. The van der Waals surface area contributed by atoms with Crippen LogP contribution in [0.2, 0.25) is 0 Å². The Morgan fingerprint density at radius 2 is 1.93 bits per heavy atom. The normalized spacial score (nSPS) is 17.6. The number of carbonyl (C=O) groups is 2. The van der Waals surface area contributed by atoms with Crippen LogP contribution in [0.4, 0.5) is 0 Å². The van der Waals surface area contributed by atoms with Gasteiger partial charge in [-0.1, -0.05) is 13.8 Å². The molecule has 86 valence electrons. The maximum atomic E-state index is 11.6. The van der Waals surface area contributed by atoms with Crippen molar-refractivity contribution in [2.45, 2.75) is 33.1 Å². The molecule has 0 aromatic rings. The van der Waals surface area contributed by atoms with Gasteiger partial charge in [-0.3, -0.25) is 9.59 Å². The predicted octanol–water partition coefficient (Wildman–Crippen LogP) is 0.771. The second-order valence-electron chi connectivity index (χ2n) is 4.19. The van der Waals surface area contributed by atoms with Crippen LogP contribution in [0, 0.1) is 5.92 Å². The molecule has 1 N–H and O–H groups in total. The Balaban J connectivity index is 2.25. The van der Waals surface area contributed by atoms with Gasteiger partial charge in [0.15, 0.2) is 0 Å². The van der Waals surface area contributed by atoms with Crippen molar-refractivity contribution in [3.8, 4) is 0 Å². The third-order valence-electron chi connectivity index (χ3n) is 2.89. The number of hydrogen-bond donors (Lipinski definition) is 1. The van der Waals surface area contributed by atoms with Crippen LogP contribution in [0.5, 0.6) is 0 Å². The Morgan fingerprint density at radius 1 is 1.33 bits per heavy atom. The minimum Gasteiger partial charge on any atom is -0.347 e. The van der Waals surface area contributed by atoms with Crippen molar-refractivity contribution in [1.29, 1.82) is 0 Å². The van der Waals surface area contributed by atoms with Crippen LogP contribution in [0.3, 0.4) is 0 Å². The number of likely N-dealkylation sites (tertiary alicyclic amines) is 1. The Bertz CT molecular complexity index is 233. The molecule has 2 amide bonds. The molecule has 15 heavy (non-hydrogen) atoms. The SMILES string of the molecule is CCC(=O)NCC(=O)N1CCC(C)CC1. The lowest BCUT2D eigenvalue weighted by Gasteiger charge is -2.30. The summed E-state index contributed by atoms with van der Waals surface area (Å²) < 4.78 is 0. The fraction of sp³-hybridized carbons (Fsp3) is 0.818. The van der Waals surface area contributed by atoms with E-state index in [4.69, 9.17) is 0 Å². The van der Waals surface area contributed by atoms with Gasteiger partial charge >= 0.3 is 0 Å². The molecular weight excluding hydrogens is 192 g/mol. The lowest BCUT2D eigenvalue weighted by Crippen LogP contribution is -2.43. The molecule has 1 saturated heterocycles. The maximum Gasteiger partial charge on any atom is 0.241 e. The number of nitrogens with one attached hydrogen (secondary N) is 1. The number of carbonyl (C=O) groups excluding carboxylic acids is 2. The van der Waals surface area contributed by atoms with Crippen LogP contribution >= 0.6 is 0 Å². The highest BCUT2D eigenvalue weighted by Gasteiger charge is 2.19. The van der Waals surface area contributed by atoms with Crippen molar-refractivity contribution >= 4 is 11.8 Å². The molecule has 0 bridgehead atoms. The monoisotopic (exact) mass is 212 g/mol. The van der Waals surface area contributed by atoms with E-state index < -0.39 is 0 Å². The first-order valence-electron chi connectivity index (χ1n) is 5.68. The number of piperidine rings is 1. The fourth-order valence-electron chi connectivity index (χ4n) is 1.67. The summed E-state index contributed by atoms with van der Waals surface area (Å²) in [7, 11) is 0. The lowest BCUT2D eigenvalue weighted by atomic mass is 9.99. The second-order valence-corrected chi connectivity index (χ2v) is 4.19. The molecule has 0 aliphatic carbocycles. The van der Waals surface area contributed by atoms with Crippen molar-refractivity contribution in [3.63, 3.8) is 0 Å². The van der Waals surface area contributed by atoms with Gasteiger partial charge in [-0.25, -0.2) is 0 Å². The van der Waals surface area contributed by atoms with E-state index in [9.17, 15) is 9.59 Å². The molecule has 1 aliphatic heterocycles. The zero-order chi connectivity index (χ0) is 11.3. The molecule has 0 aromatic heterocycles. The molecule has 0 atom stereocenters. The molecule has 1 rings (SSSR count). The van der Waals surface area contributed by atoms with Crippen LogP contribution < -0.4 is 5.32 Å². The fourth-order valence-corrected chi connectivity index (χ4v) is 1.67. The lowest BCUT2D eigenvalue weighted by molar-refractivity contribution is -0.133. The summed E-state index contributed by atoms with van der Waals surface area (Å²) in [4.78, 5) is 24.4. The van der Waals surface area contributed by atoms with Crippen molar-refractivity contribution in [2.75, 3.05) is 19.6 Å². The minimum absolute atomic E-state index is 0.0451. The highest BCUT2D eigenvalue weighted by molar-refractivity contribution is 5.84. The van der Waals surface area contributed by atoms with E-state index in [-0.39, 0.29) is 18.4 Å².